The Bertz CT molecular complexity index is 1100. The van der Waals surface area contributed by atoms with Crippen molar-refractivity contribution in [1.82, 2.24) is 10.2 Å². The molecule has 2 aliphatic heterocycles. The molecule has 10 heteroatoms. The van der Waals surface area contributed by atoms with E-state index in [0.717, 1.165) is 5.69 Å². The van der Waals surface area contributed by atoms with Crippen molar-refractivity contribution in [1.29, 1.82) is 0 Å². The maximum Gasteiger partial charge on any atom is 0.321 e. The quantitative estimate of drug-likeness (QED) is 0.497. The van der Waals surface area contributed by atoms with Gasteiger partial charge in [-0.1, -0.05) is 6.07 Å². The molecule has 1 N–H and O–H groups in total. The van der Waals surface area contributed by atoms with Crippen LogP contribution in [0.1, 0.15) is 18.5 Å². The van der Waals surface area contributed by atoms with Crippen molar-refractivity contribution in [3.05, 3.63) is 53.8 Å². The molecule has 0 bridgehead atoms. The van der Waals surface area contributed by atoms with E-state index in [1.807, 2.05) is 4.90 Å². The summed E-state index contributed by atoms with van der Waals surface area (Å²) in [7, 11) is 3.06. The van der Waals surface area contributed by atoms with Crippen LogP contribution in [0.3, 0.4) is 0 Å². The Morgan fingerprint density at radius 2 is 1.69 bits per heavy atom. The van der Waals surface area contributed by atoms with Crippen LogP contribution in [0.2, 0.25) is 0 Å². The third-order valence-corrected chi connectivity index (χ3v) is 6.16. The van der Waals surface area contributed by atoms with Crippen LogP contribution in [0, 0.1) is 11.7 Å². The number of anilines is 1. The molecule has 1 amide bonds. The standard InChI is InChI=1S/C25H29FN4O5/c1-4-35-24(32)21-22(16-5-10-19(33-2)20(15-16)34-3)27-25(28-23(21)31)30-13-11-29(12-14-30)18-8-6-17(26)7-9-18/h5-10,15,21-22H,4,11-14H2,1-3H3,(H,27,28,31)/t21-,22-/m0/s1. The SMILES string of the molecule is CCOC(=O)[C@@H]1C(=O)NC(N2CCN(c3ccc(F)cc3)CC2)=N[C@H]1c1ccc(OC)c(OC)c1. The van der Waals surface area contributed by atoms with Crippen molar-refractivity contribution < 1.29 is 28.2 Å². The second-order valence-electron chi connectivity index (χ2n) is 8.18. The van der Waals surface area contributed by atoms with Gasteiger partial charge in [0.15, 0.2) is 17.4 Å². The number of methoxy groups -OCH3 is 2. The zero-order valence-corrected chi connectivity index (χ0v) is 20.0. The Labute approximate surface area is 203 Å². The molecule has 0 unspecified atom stereocenters. The topological polar surface area (TPSA) is 92.7 Å². The lowest BCUT2D eigenvalue weighted by molar-refractivity contribution is -0.153. The zero-order valence-electron chi connectivity index (χ0n) is 20.0. The fourth-order valence-electron chi connectivity index (χ4n) is 4.33. The van der Waals surface area contributed by atoms with Crippen LogP contribution < -0.4 is 19.7 Å². The number of guanidine groups is 1. The highest BCUT2D eigenvalue weighted by Gasteiger charge is 2.42. The van der Waals surface area contributed by atoms with E-state index in [0.29, 0.717) is 49.2 Å². The van der Waals surface area contributed by atoms with E-state index >= 15 is 0 Å². The van der Waals surface area contributed by atoms with Gasteiger partial charge >= 0.3 is 5.97 Å². The number of aliphatic imine (C=N–C) groups is 1. The van der Waals surface area contributed by atoms with Crippen LogP contribution in [-0.4, -0.2) is 69.7 Å². The second kappa shape index (κ2) is 10.6. The van der Waals surface area contributed by atoms with Crippen molar-refractivity contribution in [2.24, 2.45) is 10.9 Å². The fraction of sp³-hybridized carbons (Fsp3) is 0.400. The van der Waals surface area contributed by atoms with Crippen molar-refractivity contribution >= 4 is 23.5 Å². The molecule has 186 valence electrons. The van der Waals surface area contributed by atoms with Gasteiger partial charge in [-0.3, -0.25) is 14.9 Å². The first kappa shape index (κ1) is 24.3. The van der Waals surface area contributed by atoms with Crippen LogP contribution >= 0.6 is 0 Å². The Kier molecular flexibility index (Phi) is 7.38. The third kappa shape index (κ3) is 5.16. The number of hydrogen-bond acceptors (Lipinski definition) is 8. The van der Waals surface area contributed by atoms with E-state index in [4.69, 9.17) is 19.2 Å². The highest BCUT2D eigenvalue weighted by atomic mass is 19.1. The Morgan fingerprint density at radius 3 is 2.31 bits per heavy atom. The molecular formula is C25H29FN4O5. The summed E-state index contributed by atoms with van der Waals surface area (Å²) in [6.07, 6.45) is 0. The van der Waals surface area contributed by atoms with E-state index < -0.39 is 23.8 Å². The smallest absolute Gasteiger partial charge is 0.321 e. The number of halogens is 1. The number of amides is 1. The summed E-state index contributed by atoms with van der Waals surface area (Å²) < 4.78 is 29.2. The summed E-state index contributed by atoms with van der Waals surface area (Å²) in [6, 6.07) is 10.8. The van der Waals surface area contributed by atoms with Crippen molar-refractivity contribution in [2.45, 2.75) is 13.0 Å². The summed E-state index contributed by atoms with van der Waals surface area (Å²) >= 11 is 0. The molecule has 0 saturated carbocycles. The molecule has 2 aliphatic rings. The van der Waals surface area contributed by atoms with Gasteiger partial charge in [0.2, 0.25) is 11.9 Å². The number of rotatable bonds is 6. The molecule has 1 saturated heterocycles. The van der Waals surface area contributed by atoms with Gasteiger partial charge in [0.1, 0.15) is 11.9 Å². The molecule has 4 rings (SSSR count). The van der Waals surface area contributed by atoms with E-state index in [-0.39, 0.29) is 12.4 Å². The lowest BCUT2D eigenvalue weighted by Crippen LogP contribution is -2.57. The molecule has 2 heterocycles. The van der Waals surface area contributed by atoms with Gasteiger partial charge in [0.05, 0.1) is 20.8 Å². The van der Waals surface area contributed by atoms with Crippen LogP contribution in [0.5, 0.6) is 11.5 Å². The lowest BCUT2D eigenvalue weighted by atomic mass is 9.91. The number of ether oxygens (including phenoxy) is 3. The number of carbonyl (C=O) groups excluding carboxylic acids is 2. The van der Waals surface area contributed by atoms with Crippen molar-refractivity contribution in [2.75, 3.05) is 51.9 Å². The molecule has 2 aromatic carbocycles. The minimum absolute atomic E-state index is 0.156. The summed E-state index contributed by atoms with van der Waals surface area (Å²) in [6.45, 7) is 4.38. The monoisotopic (exact) mass is 484 g/mol. The molecule has 0 radical (unpaired) electrons. The van der Waals surface area contributed by atoms with Gasteiger partial charge < -0.3 is 24.0 Å². The Balaban J connectivity index is 1.60. The number of nitrogens with one attached hydrogen (secondary N) is 1. The average molecular weight is 485 g/mol. The number of nitrogens with zero attached hydrogens (tertiary/aromatic N) is 3. The largest absolute Gasteiger partial charge is 0.493 e. The normalized spacial score (nSPS) is 20.1. The number of piperazine rings is 1. The molecular weight excluding hydrogens is 455 g/mol. The van der Waals surface area contributed by atoms with Gasteiger partial charge in [0, 0.05) is 31.9 Å². The average Bonchev–Trinajstić information content (AvgIpc) is 2.88. The van der Waals surface area contributed by atoms with Crippen molar-refractivity contribution in [3.8, 4) is 11.5 Å². The Hall–Kier alpha value is -3.82. The van der Waals surface area contributed by atoms with Gasteiger partial charge in [-0.25, -0.2) is 9.38 Å². The minimum atomic E-state index is -1.13. The van der Waals surface area contributed by atoms with Crippen LogP contribution in [-0.2, 0) is 14.3 Å². The zero-order chi connectivity index (χ0) is 24.9. The highest BCUT2D eigenvalue weighted by molar-refractivity contribution is 6.08. The first-order valence-corrected chi connectivity index (χ1v) is 11.5. The Morgan fingerprint density at radius 1 is 1.03 bits per heavy atom. The molecule has 2 aromatic rings. The van der Waals surface area contributed by atoms with Crippen LogP contribution in [0.4, 0.5) is 10.1 Å². The molecule has 1 fully saturated rings. The number of hydrogen-bond donors (Lipinski definition) is 1. The van der Waals surface area contributed by atoms with Crippen LogP contribution in [0.25, 0.3) is 0 Å². The van der Waals surface area contributed by atoms with Crippen LogP contribution in [0.15, 0.2) is 47.5 Å². The summed E-state index contributed by atoms with van der Waals surface area (Å²) in [5.41, 5.74) is 1.57. The first-order chi connectivity index (χ1) is 16.9. The first-order valence-electron chi connectivity index (χ1n) is 11.5. The minimum Gasteiger partial charge on any atom is -0.493 e. The maximum absolute atomic E-state index is 13.3. The predicted octanol–water partition coefficient (Wildman–Crippen LogP) is 2.37. The lowest BCUT2D eigenvalue weighted by Gasteiger charge is -2.39. The van der Waals surface area contributed by atoms with E-state index in [9.17, 15) is 14.0 Å². The molecule has 0 aliphatic carbocycles. The molecule has 0 aromatic heterocycles. The maximum atomic E-state index is 13.3. The van der Waals surface area contributed by atoms with Gasteiger partial charge in [-0.15, -0.1) is 0 Å². The van der Waals surface area contributed by atoms with Gasteiger partial charge in [-0.2, -0.15) is 0 Å². The predicted molar refractivity (Wildman–Crippen MR) is 128 cm³/mol. The van der Waals surface area contributed by atoms with Crippen molar-refractivity contribution in [3.63, 3.8) is 0 Å². The summed E-state index contributed by atoms with van der Waals surface area (Å²) in [5.74, 6) is -1.08. The molecule has 0 spiro atoms. The van der Waals surface area contributed by atoms with E-state index in [1.165, 1.54) is 26.4 Å². The molecule has 35 heavy (non-hydrogen) atoms. The number of benzene rings is 2. The number of carbonyl (C=O) groups is 2. The molecule has 9 nitrogen and oxygen atoms in total. The highest BCUT2D eigenvalue weighted by Crippen LogP contribution is 2.36. The fourth-order valence-corrected chi connectivity index (χ4v) is 4.33. The molecule has 2 atom stereocenters. The summed E-state index contributed by atoms with van der Waals surface area (Å²) in [5, 5.41) is 2.80. The number of esters is 1. The van der Waals surface area contributed by atoms with E-state index in [2.05, 4.69) is 10.2 Å². The van der Waals surface area contributed by atoms with Gasteiger partial charge in [-0.05, 0) is 48.9 Å². The third-order valence-electron chi connectivity index (χ3n) is 6.16. The summed E-state index contributed by atoms with van der Waals surface area (Å²) in [4.78, 5) is 34.8. The van der Waals surface area contributed by atoms with E-state index in [1.54, 1.807) is 37.3 Å². The van der Waals surface area contributed by atoms with Gasteiger partial charge in [0.25, 0.3) is 0 Å². The second-order valence-corrected chi connectivity index (χ2v) is 8.18.